The molecule has 0 saturated heterocycles. The number of guanidine groups is 1. The Morgan fingerprint density at radius 2 is 1.82 bits per heavy atom. The molecule has 10 heteroatoms. The summed E-state index contributed by atoms with van der Waals surface area (Å²) in [6, 6.07) is 6.78. The highest BCUT2D eigenvalue weighted by molar-refractivity contribution is 7.90. The lowest BCUT2D eigenvalue weighted by molar-refractivity contribution is -0.129. The van der Waals surface area contributed by atoms with Crippen molar-refractivity contribution in [3.8, 4) is 5.75 Å². The first-order valence-corrected chi connectivity index (χ1v) is 10.7. The number of aliphatic carboxylic acids is 1. The van der Waals surface area contributed by atoms with E-state index in [0.717, 1.165) is 12.8 Å². The zero-order chi connectivity index (χ0) is 21.0. The molecule has 156 valence electrons. The van der Waals surface area contributed by atoms with Gasteiger partial charge in [-0.15, -0.1) is 0 Å². The zero-order valence-corrected chi connectivity index (χ0v) is 16.8. The monoisotopic (exact) mass is 412 g/mol. The van der Waals surface area contributed by atoms with Gasteiger partial charge in [-0.2, -0.15) is 4.40 Å². The molecule has 0 unspecified atom stereocenters. The molecule has 0 saturated carbocycles. The molecule has 1 aromatic carbocycles. The molecule has 0 aliphatic heterocycles. The number of hydrogen-bond acceptors (Lipinski definition) is 5. The summed E-state index contributed by atoms with van der Waals surface area (Å²) in [6.07, 6.45) is 2.62. The fourth-order valence-corrected chi connectivity index (χ4v) is 3.42. The van der Waals surface area contributed by atoms with Crippen molar-refractivity contribution in [1.29, 1.82) is 0 Å². The maximum absolute atomic E-state index is 11.9. The Morgan fingerprint density at radius 3 is 2.39 bits per heavy atom. The van der Waals surface area contributed by atoms with Crippen LogP contribution in [0.4, 0.5) is 0 Å². The topological polar surface area (TPSA) is 157 Å². The molecule has 0 aromatic heterocycles. The van der Waals surface area contributed by atoms with Gasteiger partial charge in [0.25, 0.3) is 10.0 Å². The van der Waals surface area contributed by atoms with Crippen LogP contribution in [0.25, 0.3) is 0 Å². The number of carboxylic acid groups (broad SMARTS) is 1. The minimum atomic E-state index is -3.78. The first-order chi connectivity index (χ1) is 13.2. The second-order valence-corrected chi connectivity index (χ2v) is 7.92. The van der Waals surface area contributed by atoms with Crippen molar-refractivity contribution in [3.63, 3.8) is 0 Å². The van der Waals surface area contributed by atoms with Crippen LogP contribution in [0.1, 0.15) is 38.2 Å². The summed E-state index contributed by atoms with van der Waals surface area (Å²) in [5.41, 5.74) is 10.7. The first kappa shape index (κ1) is 23.4. The smallest absolute Gasteiger partial charge is 0.351 e. The normalized spacial score (nSPS) is 11.8. The van der Waals surface area contributed by atoms with E-state index in [1.807, 2.05) is 6.92 Å². The quantitative estimate of drug-likeness (QED) is 0.250. The van der Waals surface area contributed by atoms with E-state index in [1.165, 1.54) is 0 Å². The van der Waals surface area contributed by atoms with Gasteiger partial charge < -0.3 is 21.3 Å². The summed E-state index contributed by atoms with van der Waals surface area (Å²) in [7, 11) is -3.78. The highest BCUT2D eigenvalue weighted by Crippen LogP contribution is 2.14. The Bertz CT molecular complexity index is 785. The second-order valence-electron chi connectivity index (χ2n) is 6.17. The molecule has 1 aromatic rings. The second kappa shape index (κ2) is 12.0. The number of hydrogen-bond donors (Lipinski definition) is 3. The van der Waals surface area contributed by atoms with Gasteiger partial charge in [-0.25, -0.2) is 13.2 Å². The van der Waals surface area contributed by atoms with E-state index < -0.39 is 21.7 Å². The van der Waals surface area contributed by atoms with Gasteiger partial charge in [-0.05, 0) is 37.0 Å². The molecule has 0 atom stereocenters. The van der Waals surface area contributed by atoms with Crippen LogP contribution in [-0.4, -0.2) is 50.1 Å². The van der Waals surface area contributed by atoms with Crippen molar-refractivity contribution in [1.82, 2.24) is 0 Å². The van der Waals surface area contributed by atoms with Crippen molar-refractivity contribution >= 4 is 27.7 Å². The van der Waals surface area contributed by atoms with Crippen LogP contribution in [0, 0.1) is 0 Å². The molecule has 0 radical (unpaired) electrons. The van der Waals surface area contributed by atoms with Crippen LogP contribution >= 0.6 is 0 Å². The largest absolute Gasteiger partial charge is 0.494 e. The number of sulfonamides is 1. The molecule has 0 heterocycles. The van der Waals surface area contributed by atoms with E-state index in [1.54, 1.807) is 24.3 Å². The summed E-state index contributed by atoms with van der Waals surface area (Å²) in [5, 5.41) is 9.25. The maximum atomic E-state index is 11.9. The van der Waals surface area contributed by atoms with Crippen LogP contribution < -0.4 is 16.2 Å². The molecule has 1 rings (SSSR count). The van der Waals surface area contributed by atoms with Gasteiger partial charge in [0.15, 0.2) is 5.96 Å². The molecule has 0 bridgehead atoms. The Hall–Kier alpha value is -2.62. The fourth-order valence-electron chi connectivity index (χ4n) is 2.20. The Balaban J connectivity index is 2.61. The van der Waals surface area contributed by atoms with Gasteiger partial charge >= 0.3 is 5.97 Å². The van der Waals surface area contributed by atoms with E-state index in [0.29, 0.717) is 37.3 Å². The number of nitrogens with two attached hydrogens (primary N) is 2. The average molecular weight is 413 g/mol. The summed E-state index contributed by atoms with van der Waals surface area (Å²) in [4.78, 5) is 15.2. The van der Waals surface area contributed by atoms with Gasteiger partial charge in [0.2, 0.25) is 0 Å². The number of benzene rings is 1. The molecule has 0 aliphatic carbocycles. The van der Waals surface area contributed by atoms with E-state index in [9.17, 15) is 18.3 Å². The maximum Gasteiger partial charge on any atom is 0.351 e. The summed E-state index contributed by atoms with van der Waals surface area (Å²) < 4.78 is 32.8. The molecule has 0 aliphatic rings. The minimum absolute atomic E-state index is 0.0685. The molecule has 28 heavy (non-hydrogen) atoms. The lowest BCUT2D eigenvalue weighted by Crippen LogP contribution is -2.23. The lowest BCUT2D eigenvalue weighted by Gasteiger charge is -2.07. The highest BCUT2D eigenvalue weighted by Gasteiger charge is 2.16. The van der Waals surface area contributed by atoms with E-state index in [2.05, 4.69) is 9.39 Å². The summed E-state index contributed by atoms with van der Waals surface area (Å²) >= 11 is 0. The minimum Gasteiger partial charge on any atom is -0.494 e. The van der Waals surface area contributed by atoms with Crippen LogP contribution in [-0.2, 0) is 21.2 Å². The van der Waals surface area contributed by atoms with Gasteiger partial charge in [0.05, 0.1) is 12.4 Å². The Labute approximate surface area is 165 Å². The molecular formula is C18H28N4O5S. The van der Waals surface area contributed by atoms with Crippen LogP contribution in [0.3, 0.4) is 0 Å². The predicted octanol–water partition coefficient (Wildman–Crippen LogP) is 1.32. The first-order valence-electron chi connectivity index (χ1n) is 9.05. The van der Waals surface area contributed by atoms with E-state index in [4.69, 9.17) is 16.2 Å². The summed E-state index contributed by atoms with van der Waals surface area (Å²) in [6.45, 7) is 2.89. The van der Waals surface area contributed by atoms with Crippen molar-refractivity contribution < 1.29 is 23.1 Å². The lowest BCUT2D eigenvalue weighted by atomic mass is 10.1. The summed E-state index contributed by atoms with van der Waals surface area (Å²) in [5.74, 6) is -0.800. The third-order valence-electron chi connectivity index (χ3n) is 3.66. The highest BCUT2D eigenvalue weighted by atomic mass is 32.2. The third-order valence-corrected chi connectivity index (χ3v) is 4.97. The van der Waals surface area contributed by atoms with Crippen LogP contribution in [0.2, 0.25) is 0 Å². The SMILES string of the molecule is CCCCS(=O)(=O)N=C(Cc1ccc(OCCCCN=C(N)N)cc1)C(=O)O. The number of aliphatic imine (C=N–C) groups is 1. The average Bonchev–Trinajstić information content (AvgIpc) is 2.63. The Morgan fingerprint density at radius 1 is 1.14 bits per heavy atom. The molecule has 5 N–H and O–H groups in total. The van der Waals surface area contributed by atoms with Crippen molar-refractivity contribution in [2.75, 3.05) is 18.9 Å². The number of rotatable bonds is 13. The van der Waals surface area contributed by atoms with Crippen molar-refractivity contribution in [2.24, 2.45) is 20.9 Å². The number of ether oxygens (including phenoxy) is 1. The number of carboxylic acids is 1. The molecule has 0 fully saturated rings. The zero-order valence-electron chi connectivity index (χ0n) is 16.0. The van der Waals surface area contributed by atoms with Gasteiger partial charge in [-0.3, -0.25) is 4.99 Å². The van der Waals surface area contributed by atoms with Crippen LogP contribution in [0.5, 0.6) is 5.75 Å². The number of unbranched alkanes of at least 4 members (excludes halogenated alkanes) is 2. The van der Waals surface area contributed by atoms with Crippen LogP contribution in [0.15, 0.2) is 33.7 Å². The standard InChI is InChI=1S/C18H28N4O5S/c1-2-3-12-28(25,26)22-16(17(23)24)13-14-6-8-15(9-7-14)27-11-5-4-10-21-18(19)20/h6-9H,2-5,10-13H2,1H3,(H,23,24)(H4,19,20,21). The van der Waals surface area contributed by atoms with E-state index in [-0.39, 0.29) is 18.1 Å². The number of nitrogens with zero attached hydrogens (tertiary/aromatic N) is 2. The molecule has 0 amide bonds. The predicted molar refractivity (Wildman–Crippen MR) is 109 cm³/mol. The molecule has 0 spiro atoms. The Kier molecular flexibility index (Phi) is 10.0. The van der Waals surface area contributed by atoms with Crippen molar-refractivity contribution in [2.45, 2.75) is 39.0 Å². The van der Waals surface area contributed by atoms with Gasteiger partial charge in [0.1, 0.15) is 11.5 Å². The van der Waals surface area contributed by atoms with Gasteiger partial charge in [-0.1, -0.05) is 25.5 Å². The van der Waals surface area contributed by atoms with Gasteiger partial charge in [0, 0.05) is 13.0 Å². The molecule has 9 nitrogen and oxygen atoms in total. The third kappa shape index (κ3) is 9.91. The van der Waals surface area contributed by atoms with E-state index >= 15 is 0 Å². The fraction of sp³-hybridized carbons (Fsp3) is 0.500. The molecular weight excluding hydrogens is 384 g/mol. The van der Waals surface area contributed by atoms with Crippen molar-refractivity contribution in [3.05, 3.63) is 29.8 Å². The number of carbonyl (C=O) groups is 1.